The molecule has 2 aromatic rings. The molecule has 1 aliphatic rings. The lowest BCUT2D eigenvalue weighted by atomic mass is 10.2. The van der Waals surface area contributed by atoms with Crippen molar-refractivity contribution in [2.45, 2.75) is 36.9 Å². The minimum atomic E-state index is -0.955. The second-order valence-electron chi connectivity index (χ2n) is 6.68. The number of benzene rings is 2. The number of nitrogens with one attached hydrogen (secondary N) is 1. The normalized spacial score (nSPS) is 16.8. The third-order valence-electron chi connectivity index (χ3n) is 4.57. The summed E-state index contributed by atoms with van der Waals surface area (Å²) in [5.41, 5.74) is 0.975. The van der Waals surface area contributed by atoms with Gasteiger partial charge in [0.05, 0.1) is 24.5 Å². The molecule has 154 valence electrons. The third kappa shape index (κ3) is 5.74. The minimum absolute atomic E-state index is 0.217. The van der Waals surface area contributed by atoms with Crippen molar-refractivity contribution >= 4 is 29.3 Å². The van der Waals surface area contributed by atoms with E-state index >= 15 is 0 Å². The molecule has 7 heteroatoms. The topological polar surface area (TPSA) is 73.9 Å². The summed E-state index contributed by atoms with van der Waals surface area (Å²) in [6.07, 6.45) is 1.38. The second kappa shape index (κ2) is 10.3. The van der Waals surface area contributed by atoms with Crippen molar-refractivity contribution in [2.75, 3.05) is 24.8 Å². The van der Waals surface area contributed by atoms with Crippen LogP contribution in [0.4, 0.5) is 5.69 Å². The fraction of sp³-hybridized carbons (Fsp3) is 0.364. The largest absolute Gasteiger partial charge is 0.495 e. The summed E-state index contributed by atoms with van der Waals surface area (Å²) in [6, 6.07) is 14.3. The van der Waals surface area contributed by atoms with Crippen molar-refractivity contribution in [3.8, 4) is 5.75 Å². The van der Waals surface area contributed by atoms with Crippen molar-refractivity contribution in [1.29, 1.82) is 0 Å². The molecule has 29 heavy (non-hydrogen) atoms. The minimum Gasteiger partial charge on any atom is -0.495 e. The van der Waals surface area contributed by atoms with Crippen LogP contribution in [-0.4, -0.2) is 43.6 Å². The zero-order chi connectivity index (χ0) is 20.6. The van der Waals surface area contributed by atoms with Crippen molar-refractivity contribution in [3.63, 3.8) is 0 Å². The maximum atomic E-state index is 12.7. The van der Waals surface area contributed by atoms with E-state index in [0.29, 0.717) is 17.0 Å². The molecule has 3 rings (SSSR count). The quantitative estimate of drug-likeness (QED) is 0.516. The van der Waals surface area contributed by atoms with E-state index in [1.807, 2.05) is 18.2 Å². The Morgan fingerprint density at radius 3 is 2.72 bits per heavy atom. The van der Waals surface area contributed by atoms with Gasteiger partial charge in [0.25, 0.3) is 5.91 Å². The summed E-state index contributed by atoms with van der Waals surface area (Å²) >= 11 is 1.57. The molecule has 6 nitrogen and oxygen atoms in total. The van der Waals surface area contributed by atoms with Gasteiger partial charge in [-0.05, 0) is 44.0 Å². The van der Waals surface area contributed by atoms with E-state index in [0.717, 1.165) is 30.1 Å². The van der Waals surface area contributed by atoms with Gasteiger partial charge in [-0.25, -0.2) is 4.79 Å². The summed E-state index contributed by atoms with van der Waals surface area (Å²) in [6.45, 7) is 2.35. The van der Waals surface area contributed by atoms with Gasteiger partial charge in [-0.15, -0.1) is 11.8 Å². The van der Waals surface area contributed by atoms with Crippen LogP contribution >= 0.6 is 11.8 Å². The molecule has 1 amide bonds. The number of thioether (sulfide) groups is 1. The van der Waals surface area contributed by atoms with Gasteiger partial charge in [0.1, 0.15) is 5.75 Å². The van der Waals surface area contributed by atoms with Crippen LogP contribution in [-0.2, 0) is 14.3 Å². The smallest absolute Gasteiger partial charge is 0.340 e. The van der Waals surface area contributed by atoms with Gasteiger partial charge in [0, 0.05) is 17.3 Å². The summed E-state index contributed by atoms with van der Waals surface area (Å²) in [4.78, 5) is 26.0. The Balaban J connectivity index is 1.61. The van der Waals surface area contributed by atoms with E-state index in [-0.39, 0.29) is 6.10 Å². The molecule has 1 N–H and O–H groups in total. The number of amides is 1. The number of carbonyl (C=O) groups excluding carboxylic acids is 2. The molecule has 1 saturated heterocycles. The standard InChI is InChI=1S/C22H25NO5S/c1-15(21(24)23-18-10-4-5-11-19(18)26-2)28-22(25)17-9-3-6-12-20(17)29-14-16-8-7-13-27-16/h3-6,9-12,15-16H,7-8,13-14H2,1-2H3,(H,23,24)/t15-,16-/m1/s1. The van der Waals surface area contributed by atoms with Crippen LogP contribution in [0.1, 0.15) is 30.1 Å². The van der Waals surface area contributed by atoms with Crippen molar-refractivity contribution < 1.29 is 23.8 Å². The lowest BCUT2D eigenvalue weighted by Crippen LogP contribution is -2.30. The number of carbonyl (C=O) groups is 2. The average molecular weight is 416 g/mol. The molecule has 2 aromatic carbocycles. The molecular weight excluding hydrogens is 390 g/mol. The van der Waals surface area contributed by atoms with Crippen LogP contribution < -0.4 is 10.1 Å². The zero-order valence-corrected chi connectivity index (χ0v) is 17.4. The fourth-order valence-electron chi connectivity index (χ4n) is 2.98. The van der Waals surface area contributed by atoms with Gasteiger partial charge < -0.3 is 19.5 Å². The van der Waals surface area contributed by atoms with E-state index in [1.54, 1.807) is 49.0 Å². The monoisotopic (exact) mass is 415 g/mol. The molecule has 0 spiro atoms. The highest BCUT2D eigenvalue weighted by Gasteiger charge is 2.23. The van der Waals surface area contributed by atoms with Gasteiger partial charge in [-0.2, -0.15) is 0 Å². The fourth-order valence-corrected chi connectivity index (χ4v) is 4.09. The van der Waals surface area contributed by atoms with Crippen LogP contribution in [0.2, 0.25) is 0 Å². The third-order valence-corrected chi connectivity index (χ3v) is 5.78. The Labute approximate surface area is 174 Å². The molecule has 1 fully saturated rings. The van der Waals surface area contributed by atoms with E-state index in [4.69, 9.17) is 14.2 Å². The zero-order valence-electron chi connectivity index (χ0n) is 16.6. The van der Waals surface area contributed by atoms with E-state index in [1.165, 1.54) is 7.11 Å². The Morgan fingerprint density at radius 1 is 1.21 bits per heavy atom. The van der Waals surface area contributed by atoms with Crippen molar-refractivity contribution in [3.05, 3.63) is 54.1 Å². The molecule has 0 unspecified atom stereocenters. The van der Waals surface area contributed by atoms with Crippen LogP contribution in [0, 0.1) is 0 Å². The van der Waals surface area contributed by atoms with E-state index in [9.17, 15) is 9.59 Å². The molecule has 0 aliphatic carbocycles. The SMILES string of the molecule is COc1ccccc1NC(=O)[C@@H](C)OC(=O)c1ccccc1SC[C@H]1CCCO1. The number of hydrogen-bond donors (Lipinski definition) is 1. The van der Waals surface area contributed by atoms with E-state index in [2.05, 4.69) is 5.32 Å². The Morgan fingerprint density at radius 2 is 1.97 bits per heavy atom. The summed E-state index contributed by atoms with van der Waals surface area (Å²) in [5.74, 6) is 0.374. The van der Waals surface area contributed by atoms with Gasteiger partial charge in [-0.3, -0.25) is 4.79 Å². The van der Waals surface area contributed by atoms with Crippen molar-refractivity contribution in [2.24, 2.45) is 0 Å². The van der Waals surface area contributed by atoms with Crippen LogP contribution in [0.15, 0.2) is 53.4 Å². The summed E-state index contributed by atoms with van der Waals surface area (Å²) < 4.78 is 16.3. The van der Waals surface area contributed by atoms with Crippen molar-refractivity contribution in [1.82, 2.24) is 0 Å². The molecule has 0 saturated carbocycles. The maximum Gasteiger partial charge on any atom is 0.340 e. The molecule has 0 aromatic heterocycles. The number of para-hydroxylation sites is 2. The second-order valence-corrected chi connectivity index (χ2v) is 7.74. The molecule has 1 heterocycles. The number of ether oxygens (including phenoxy) is 3. The summed E-state index contributed by atoms with van der Waals surface area (Å²) in [5, 5.41) is 2.73. The summed E-state index contributed by atoms with van der Waals surface area (Å²) in [7, 11) is 1.53. The molecule has 1 aliphatic heterocycles. The highest BCUT2D eigenvalue weighted by Crippen LogP contribution is 2.28. The molecule has 0 radical (unpaired) electrons. The van der Waals surface area contributed by atoms with Crippen LogP contribution in [0.25, 0.3) is 0 Å². The van der Waals surface area contributed by atoms with Gasteiger partial charge in [0.2, 0.25) is 0 Å². The first kappa shape index (κ1) is 21.2. The predicted molar refractivity (Wildman–Crippen MR) is 113 cm³/mol. The predicted octanol–water partition coefficient (Wildman–Crippen LogP) is 4.15. The first-order valence-corrected chi connectivity index (χ1v) is 10.6. The highest BCUT2D eigenvalue weighted by molar-refractivity contribution is 7.99. The van der Waals surface area contributed by atoms with Gasteiger partial charge in [0.15, 0.2) is 6.10 Å². The lowest BCUT2D eigenvalue weighted by Gasteiger charge is -2.16. The number of esters is 1. The van der Waals surface area contributed by atoms with Gasteiger partial charge in [-0.1, -0.05) is 24.3 Å². The van der Waals surface area contributed by atoms with Gasteiger partial charge >= 0.3 is 5.97 Å². The first-order chi connectivity index (χ1) is 14.1. The molecular formula is C22H25NO5S. The number of hydrogen-bond acceptors (Lipinski definition) is 6. The molecule has 0 bridgehead atoms. The lowest BCUT2D eigenvalue weighted by molar-refractivity contribution is -0.123. The Bertz CT molecular complexity index is 851. The number of methoxy groups -OCH3 is 1. The van der Waals surface area contributed by atoms with Crippen LogP contribution in [0.3, 0.4) is 0 Å². The Hall–Kier alpha value is -2.51. The maximum absolute atomic E-state index is 12.7. The first-order valence-electron chi connectivity index (χ1n) is 9.56. The molecule has 2 atom stereocenters. The van der Waals surface area contributed by atoms with E-state index < -0.39 is 18.0 Å². The highest BCUT2D eigenvalue weighted by atomic mass is 32.2. The number of anilines is 1. The van der Waals surface area contributed by atoms with Crippen LogP contribution in [0.5, 0.6) is 5.75 Å². The number of rotatable bonds is 8. The average Bonchev–Trinajstić information content (AvgIpc) is 3.26. The Kier molecular flexibility index (Phi) is 7.55.